The number of nitrogens with one attached hydrogen (secondary N) is 2. The molecule has 1 aliphatic rings. The highest BCUT2D eigenvalue weighted by Gasteiger charge is 2.25. The van der Waals surface area contributed by atoms with Crippen molar-refractivity contribution in [2.45, 2.75) is 30.6 Å². The molecule has 2 aromatic carbocycles. The highest BCUT2D eigenvalue weighted by Crippen LogP contribution is 2.21. The van der Waals surface area contributed by atoms with Gasteiger partial charge in [-0.15, -0.1) is 0 Å². The van der Waals surface area contributed by atoms with Crippen molar-refractivity contribution in [3.8, 4) is 0 Å². The van der Waals surface area contributed by atoms with Crippen molar-refractivity contribution in [2.75, 3.05) is 13.1 Å². The van der Waals surface area contributed by atoms with Crippen LogP contribution in [0.3, 0.4) is 0 Å². The SMILES string of the molecule is O=C(NNC(=O)c1cccc(S(=O)(=O)N2CCCCCC2)c1)c1ccc(Cl)cc1. The summed E-state index contributed by atoms with van der Waals surface area (Å²) < 4.78 is 27.3. The lowest BCUT2D eigenvalue weighted by atomic mass is 10.2. The summed E-state index contributed by atoms with van der Waals surface area (Å²) in [5, 5.41) is 0.494. The molecule has 2 N–H and O–H groups in total. The van der Waals surface area contributed by atoms with Crippen LogP contribution in [0.5, 0.6) is 0 Å². The third-order valence-electron chi connectivity index (χ3n) is 4.70. The van der Waals surface area contributed by atoms with Gasteiger partial charge in [0.2, 0.25) is 10.0 Å². The second-order valence-electron chi connectivity index (χ2n) is 6.76. The van der Waals surface area contributed by atoms with Crippen LogP contribution < -0.4 is 10.9 Å². The third-order valence-corrected chi connectivity index (χ3v) is 6.84. The van der Waals surface area contributed by atoms with Gasteiger partial charge < -0.3 is 0 Å². The van der Waals surface area contributed by atoms with E-state index in [1.54, 1.807) is 12.1 Å². The monoisotopic (exact) mass is 435 g/mol. The minimum atomic E-state index is -3.67. The molecular weight excluding hydrogens is 414 g/mol. The molecule has 1 aliphatic heterocycles. The Morgan fingerprint density at radius 2 is 1.41 bits per heavy atom. The van der Waals surface area contributed by atoms with Gasteiger partial charge in [-0.1, -0.05) is 30.5 Å². The normalized spacial score (nSPS) is 15.3. The van der Waals surface area contributed by atoms with Crippen molar-refractivity contribution in [3.05, 3.63) is 64.7 Å². The Balaban J connectivity index is 1.69. The molecule has 0 aromatic heterocycles. The van der Waals surface area contributed by atoms with E-state index in [2.05, 4.69) is 10.9 Å². The van der Waals surface area contributed by atoms with Crippen LogP contribution in [0.1, 0.15) is 46.4 Å². The van der Waals surface area contributed by atoms with Gasteiger partial charge in [0.15, 0.2) is 0 Å². The molecule has 0 aliphatic carbocycles. The first-order valence-corrected chi connectivity index (χ1v) is 11.2. The topological polar surface area (TPSA) is 95.6 Å². The quantitative estimate of drug-likeness (QED) is 0.721. The first-order valence-electron chi connectivity index (χ1n) is 9.34. The molecule has 0 radical (unpaired) electrons. The highest BCUT2D eigenvalue weighted by molar-refractivity contribution is 7.89. The van der Waals surface area contributed by atoms with E-state index in [4.69, 9.17) is 11.6 Å². The largest absolute Gasteiger partial charge is 0.269 e. The van der Waals surface area contributed by atoms with E-state index in [0.29, 0.717) is 23.7 Å². The fourth-order valence-corrected chi connectivity index (χ4v) is 4.78. The molecule has 29 heavy (non-hydrogen) atoms. The van der Waals surface area contributed by atoms with Crippen molar-refractivity contribution < 1.29 is 18.0 Å². The lowest BCUT2D eigenvalue weighted by molar-refractivity contribution is 0.0846. The number of amides is 2. The summed E-state index contributed by atoms with van der Waals surface area (Å²) in [7, 11) is -3.67. The Labute approximate surface area is 175 Å². The summed E-state index contributed by atoms with van der Waals surface area (Å²) in [5.41, 5.74) is 5.07. The summed E-state index contributed by atoms with van der Waals surface area (Å²) >= 11 is 5.79. The summed E-state index contributed by atoms with van der Waals surface area (Å²) in [6.45, 7) is 0.964. The van der Waals surface area contributed by atoms with Crippen molar-refractivity contribution in [1.82, 2.24) is 15.2 Å². The summed E-state index contributed by atoms with van der Waals surface area (Å²) in [5.74, 6) is -1.12. The second-order valence-corrected chi connectivity index (χ2v) is 9.14. The lowest BCUT2D eigenvalue weighted by Gasteiger charge is -2.20. The average Bonchev–Trinajstić information content (AvgIpc) is 3.02. The van der Waals surface area contributed by atoms with E-state index in [-0.39, 0.29) is 10.5 Å². The highest BCUT2D eigenvalue weighted by atomic mass is 35.5. The molecule has 3 rings (SSSR count). The minimum absolute atomic E-state index is 0.0658. The molecule has 2 aromatic rings. The molecule has 2 amide bonds. The van der Waals surface area contributed by atoms with Crippen LogP contribution in [-0.4, -0.2) is 37.6 Å². The van der Waals surface area contributed by atoms with Crippen molar-refractivity contribution >= 4 is 33.4 Å². The number of hydrogen-bond donors (Lipinski definition) is 2. The molecule has 1 heterocycles. The summed E-state index contributed by atoms with van der Waals surface area (Å²) in [6.07, 6.45) is 3.69. The van der Waals surface area contributed by atoms with Gasteiger partial charge in [-0.2, -0.15) is 4.31 Å². The lowest BCUT2D eigenvalue weighted by Crippen LogP contribution is -2.41. The number of sulfonamides is 1. The average molecular weight is 436 g/mol. The molecule has 0 atom stereocenters. The van der Waals surface area contributed by atoms with Gasteiger partial charge in [-0.05, 0) is 55.3 Å². The standard InChI is InChI=1S/C20H22ClN3O4S/c21-17-10-8-15(9-11-17)19(25)22-23-20(26)16-6-5-7-18(14-16)29(27,28)24-12-3-1-2-4-13-24/h5-11,14H,1-4,12-13H2,(H,22,25)(H,23,26). The minimum Gasteiger partial charge on any atom is -0.267 e. The molecule has 0 spiro atoms. The van der Waals surface area contributed by atoms with E-state index >= 15 is 0 Å². The van der Waals surface area contributed by atoms with Crippen LogP contribution in [0.25, 0.3) is 0 Å². The maximum absolute atomic E-state index is 12.9. The van der Waals surface area contributed by atoms with Crippen LogP contribution in [0.15, 0.2) is 53.4 Å². The Morgan fingerprint density at radius 1 is 0.828 bits per heavy atom. The Kier molecular flexibility index (Phi) is 6.89. The number of hydrogen-bond acceptors (Lipinski definition) is 4. The zero-order valence-corrected chi connectivity index (χ0v) is 17.3. The van der Waals surface area contributed by atoms with Crippen LogP contribution in [0.2, 0.25) is 5.02 Å². The molecule has 9 heteroatoms. The number of nitrogens with zero attached hydrogens (tertiary/aromatic N) is 1. The first-order chi connectivity index (χ1) is 13.9. The second kappa shape index (κ2) is 9.39. The van der Waals surface area contributed by atoms with Gasteiger partial charge in [0.05, 0.1) is 4.90 Å². The fraction of sp³-hybridized carbons (Fsp3) is 0.300. The molecule has 154 valence electrons. The number of carbonyl (C=O) groups is 2. The van der Waals surface area contributed by atoms with E-state index in [1.165, 1.54) is 40.7 Å². The predicted octanol–water partition coefficient (Wildman–Crippen LogP) is 2.98. The third kappa shape index (κ3) is 5.35. The Morgan fingerprint density at radius 3 is 2.03 bits per heavy atom. The Bertz CT molecular complexity index is 985. The van der Waals surface area contributed by atoms with Crippen LogP contribution in [-0.2, 0) is 10.0 Å². The zero-order chi connectivity index (χ0) is 20.9. The smallest absolute Gasteiger partial charge is 0.267 e. The number of benzene rings is 2. The number of carbonyl (C=O) groups excluding carboxylic acids is 2. The number of rotatable bonds is 4. The predicted molar refractivity (Wildman–Crippen MR) is 110 cm³/mol. The molecule has 0 bridgehead atoms. The maximum Gasteiger partial charge on any atom is 0.269 e. The van der Waals surface area contributed by atoms with Crippen molar-refractivity contribution in [3.63, 3.8) is 0 Å². The van der Waals surface area contributed by atoms with Crippen LogP contribution in [0.4, 0.5) is 0 Å². The molecule has 0 unspecified atom stereocenters. The van der Waals surface area contributed by atoms with Gasteiger partial charge >= 0.3 is 0 Å². The molecule has 0 saturated carbocycles. The van der Waals surface area contributed by atoms with Crippen molar-refractivity contribution in [1.29, 1.82) is 0 Å². The zero-order valence-electron chi connectivity index (χ0n) is 15.7. The summed E-state index contributed by atoms with van der Waals surface area (Å²) in [6, 6.07) is 12.0. The van der Waals surface area contributed by atoms with Gasteiger partial charge in [-0.25, -0.2) is 8.42 Å². The fourth-order valence-electron chi connectivity index (χ4n) is 3.09. The molecule has 7 nitrogen and oxygen atoms in total. The first kappa shape index (κ1) is 21.3. The van der Waals surface area contributed by atoms with Gasteiger partial charge in [0, 0.05) is 29.2 Å². The van der Waals surface area contributed by atoms with Gasteiger partial charge in [0.25, 0.3) is 11.8 Å². The van der Waals surface area contributed by atoms with E-state index in [0.717, 1.165) is 25.7 Å². The van der Waals surface area contributed by atoms with E-state index < -0.39 is 21.8 Å². The molecular formula is C20H22ClN3O4S. The van der Waals surface area contributed by atoms with Crippen LogP contribution >= 0.6 is 11.6 Å². The van der Waals surface area contributed by atoms with Crippen LogP contribution in [0, 0.1) is 0 Å². The van der Waals surface area contributed by atoms with E-state index in [1.807, 2.05) is 0 Å². The van der Waals surface area contributed by atoms with Gasteiger partial charge in [0.1, 0.15) is 0 Å². The summed E-state index contributed by atoms with van der Waals surface area (Å²) in [4.78, 5) is 24.5. The molecule has 1 fully saturated rings. The number of hydrazine groups is 1. The van der Waals surface area contributed by atoms with Gasteiger partial charge in [-0.3, -0.25) is 20.4 Å². The maximum atomic E-state index is 12.9. The van der Waals surface area contributed by atoms with E-state index in [9.17, 15) is 18.0 Å². The molecule has 1 saturated heterocycles. The Hall–Kier alpha value is -2.42. The van der Waals surface area contributed by atoms with Crippen molar-refractivity contribution in [2.24, 2.45) is 0 Å². The number of halogens is 1.